The summed E-state index contributed by atoms with van der Waals surface area (Å²) in [6.45, 7) is 6.47. The number of ether oxygens (including phenoxy) is 3. The van der Waals surface area contributed by atoms with Crippen LogP contribution in [0.5, 0.6) is 5.88 Å². The number of hydrogen-bond donors (Lipinski definition) is 1. The van der Waals surface area contributed by atoms with Gasteiger partial charge in [-0.3, -0.25) is 9.69 Å². The van der Waals surface area contributed by atoms with E-state index >= 15 is 0 Å². The highest BCUT2D eigenvalue weighted by Crippen LogP contribution is 2.25. The number of allylic oxidation sites excluding steroid dienone is 4. The number of piperazine rings is 1. The molecule has 1 aromatic rings. The zero-order valence-electron chi connectivity index (χ0n) is 18.5. The maximum Gasteiger partial charge on any atom is 0.254 e. The summed E-state index contributed by atoms with van der Waals surface area (Å²) in [5.41, 5.74) is 7.86. The van der Waals surface area contributed by atoms with Gasteiger partial charge >= 0.3 is 0 Å². The highest BCUT2D eigenvalue weighted by Gasteiger charge is 2.22. The first-order chi connectivity index (χ1) is 15.6. The number of pyridine rings is 1. The summed E-state index contributed by atoms with van der Waals surface area (Å²) in [6, 6.07) is 3.41. The van der Waals surface area contributed by atoms with Crippen molar-refractivity contribution in [2.45, 2.75) is 26.2 Å². The lowest BCUT2D eigenvalue weighted by molar-refractivity contribution is 0.0764. The van der Waals surface area contributed by atoms with E-state index in [9.17, 15) is 4.79 Å². The third kappa shape index (κ3) is 5.70. The molecule has 2 aliphatic heterocycles. The molecule has 1 aliphatic carbocycles. The molecule has 1 aromatic heterocycles. The summed E-state index contributed by atoms with van der Waals surface area (Å²) < 4.78 is 17.4. The van der Waals surface area contributed by atoms with E-state index in [1.165, 1.54) is 5.57 Å². The van der Waals surface area contributed by atoms with Gasteiger partial charge in [-0.25, -0.2) is 4.98 Å². The highest BCUT2D eigenvalue weighted by atomic mass is 16.6. The Morgan fingerprint density at radius 1 is 1.19 bits per heavy atom. The molecule has 0 radical (unpaired) electrons. The number of hydrogen-bond acceptors (Lipinski definition) is 7. The number of rotatable bonds is 8. The number of nitrogens with two attached hydrogens (primary N) is 1. The van der Waals surface area contributed by atoms with E-state index in [0.717, 1.165) is 69.3 Å². The molecule has 0 unspecified atom stereocenters. The minimum absolute atomic E-state index is 0.302. The predicted octanol–water partition coefficient (Wildman–Crippen LogP) is 2.84. The van der Waals surface area contributed by atoms with Crippen molar-refractivity contribution in [2.24, 2.45) is 5.73 Å². The van der Waals surface area contributed by atoms with Crippen LogP contribution in [0.25, 0.3) is 0 Å². The van der Waals surface area contributed by atoms with Gasteiger partial charge in [0.2, 0.25) is 11.8 Å². The molecule has 8 heteroatoms. The van der Waals surface area contributed by atoms with Crippen LogP contribution in [0.4, 0.5) is 0 Å². The van der Waals surface area contributed by atoms with E-state index in [-0.39, 0.29) is 0 Å². The first-order valence-corrected chi connectivity index (χ1v) is 11.0. The van der Waals surface area contributed by atoms with E-state index in [1.54, 1.807) is 24.7 Å². The van der Waals surface area contributed by atoms with Gasteiger partial charge in [-0.1, -0.05) is 23.8 Å². The van der Waals surface area contributed by atoms with Gasteiger partial charge in [-0.2, -0.15) is 0 Å². The summed E-state index contributed by atoms with van der Waals surface area (Å²) in [7, 11) is 0. The maximum absolute atomic E-state index is 11.6. The van der Waals surface area contributed by atoms with Gasteiger partial charge in [0.1, 0.15) is 24.2 Å². The smallest absolute Gasteiger partial charge is 0.254 e. The Bertz CT molecular complexity index is 959. The fourth-order valence-electron chi connectivity index (χ4n) is 3.86. The molecule has 4 rings (SSSR count). The molecule has 1 fully saturated rings. The first kappa shape index (κ1) is 22.0. The second kappa shape index (κ2) is 10.4. The second-order valence-electron chi connectivity index (χ2n) is 8.09. The topological polar surface area (TPSA) is 90.2 Å². The Labute approximate surface area is 188 Å². The SMILES string of the molecule is Cc1ccc(C(N)=O)c(OCCN2CCN(C3=COC(CC4=CC=CCC4)=CO3)CC2)n1. The molecule has 0 spiro atoms. The Kier molecular flexibility index (Phi) is 7.11. The summed E-state index contributed by atoms with van der Waals surface area (Å²) in [4.78, 5) is 20.3. The van der Waals surface area contributed by atoms with Crippen LogP contribution in [0.2, 0.25) is 0 Å². The number of aromatic nitrogens is 1. The monoisotopic (exact) mass is 438 g/mol. The number of carbonyl (C=O) groups is 1. The first-order valence-electron chi connectivity index (χ1n) is 11.0. The minimum atomic E-state index is -0.534. The Hall–Kier alpha value is -3.26. The lowest BCUT2D eigenvalue weighted by Crippen LogP contribution is -2.47. The average molecular weight is 439 g/mol. The molecule has 0 bridgehead atoms. The third-order valence-electron chi connectivity index (χ3n) is 5.72. The van der Waals surface area contributed by atoms with E-state index < -0.39 is 5.91 Å². The van der Waals surface area contributed by atoms with E-state index in [4.69, 9.17) is 19.9 Å². The quantitative estimate of drug-likeness (QED) is 0.667. The molecule has 3 aliphatic rings. The summed E-state index contributed by atoms with van der Waals surface area (Å²) in [5, 5.41) is 0. The third-order valence-corrected chi connectivity index (χ3v) is 5.72. The van der Waals surface area contributed by atoms with Gasteiger partial charge in [0.15, 0.2) is 6.26 Å². The average Bonchev–Trinajstić information content (AvgIpc) is 2.81. The van der Waals surface area contributed by atoms with E-state index in [1.807, 2.05) is 6.92 Å². The van der Waals surface area contributed by atoms with Gasteiger partial charge < -0.3 is 24.8 Å². The van der Waals surface area contributed by atoms with Crippen LogP contribution in [-0.4, -0.2) is 60.0 Å². The van der Waals surface area contributed by atoms with Gasteiger partial charge in [0.05, 0.1) is 0 Å². The number of aryl methyl sites for hydroxylation is 1. The fraction of sp³-hybridized carbons (Fsp3) is 0.417. The zero-order chi connectivity index (χ0) is 22.3. The summed E-state index contributed by atoms with van der Waals surface area (Å²) >= 11 is 0. The van der Waals surface area contributed by atoms with Crippen LogP contribution >= 0.6 is 0 Å². The predicted molar refractivity (Wildman–Crippen MR) is 120 cm³/mol. The lowest BCUT2D eigenvalue weighted by atomic mass is 10.0. The molecule has 1 amide bonds. The molecule has 0 saturated carbocycles. The number of primary amides is 1. The normalized spacial score (nSPS) is 18.8. The van der Waals surface area contributed by atoms with Gasteiger partial charge in [0, 0.05) is 44.8 Å². The molecule has 170 valence electrons. The Morgan fingerprint density at radius 3 is 2.72 bits per heavy atom. The largest absolute Gasteiger partial charge is 0.476 e. The van der Waals surface area contributed by atoms with Crippen molar-refractivity contribution in [1.29, 1.82) is 0 Å². The van der Waals surface area contributed by atoms with Crippen molar-refractivity contribution >= 4 is 5.91 Å². The van der Waals surface area contributed by atoms with E-state index in [2.05, 4.69) is 33.0 Å². The van der Waals surface area contributed by atoms with Crippen molar-refractivity contribution < 1.29 is 19.0 Å². The molecule has 8 nitrogen and oxygen atoms in total. The molecule has 0 aromatic carbocycles. The molecule has 1 saturated heterocycles. The Morgan fingerprint density at radius 2 is 2.03 bits per heavy atom. The summed E-state index contributed by atoms with van der Waals surface area (Å²) in [5.74, 6) is 1.36. The van der Waals surface area contributed by atoms with Crippen LogP contribution in [0.1, 0.15) is 35.3 Å². The molecule has 32 heavy (non-hydrogen) atoms. The zero-order valence-corrected chi connectivity index (χ0v) is 18.5. The standard InChI is InChI=1S/C24H30N4O4/c1-18-7-8-21(23(25)29)24(26-18)30-14-13-27-9-11-28(12-10-27)22-17-31-20(16-32-22)15-19-5-3-2-4-6-19/h2-3,5,7-8,16-17H,4,6,9-15H2,1H3,(H2,25,29). The number of amides is 1. The molecule has 2 N–H and O–H groups in total. The number of carbonyl (C=O) groups excluding carboxylic acids is 1. The Balaban J connectivity index is 1.19. The van der Waals surface area contributed by atoms with Gasteiger partial charge in [-0.15, -0.1) is 0 Å². The molecule has 0 atom stereocenters. The van der Waals surface area contributed by atoms with Gasteiger partial charge in [-0.05, 0) is 31.9 Å². The molecular formula is C24H30N4O4. The number of nitrogens with zero attached hydrogens (tertiary/aromatic N) is 3. The van der Waals surface area contributed by atoms with E-state index in [0.29, 0.717) is 18.1 Å². The lowest BCUT2D eigenvalue weighted by Gasteiger charge is -2.36. The van der Waals surface area contributed by atoms with Crippen LogP contribution < -0.4 is 10.5 Å². The van der Waals surface area contributed by atoms with Crippen LogP contribution in [-0.2, 0) is 9.47 Å². The minimum Gasteiger partial charge on any atom is -0.476 e. The van der Waals surface area contributed by atoms with Crippen molar-refractivity contribution in [3.8, 4) is 5.88 Å². The maximum atomic E-state index is 11.6. The van der Waals surface area contributed by atoms with Crippen molar-refractivity contribution in [3.05, 3.63) is 71.4 Å². The van der Waals surface area contributed by atoms with Crippen LogP contribution in [0.3, 0.4) is 0 Å². The van der Waals surface area contributed by atoms with Crippen molar-refractivity contribution in [1.82, 2.24) is 14.8 Å². The van der Waals surface area contributed by atoms with Gasteiger partial charge in [0.25, 0.3) is 5.91 Å². The second-order valence-corrected chi connectivity index (χ2v) is 8.09. The highest BCUT2D eigenvalue weighted by molar-refractivity contribution is 5.95. The van der Waals surface area contributed by atoms with Crippen molar-refractivity contribution in [2.75, 3.05) is 39.3 Å². The molecule has 3 heterocycles. The fourth-order valence-corrected chi connectivity index (χ4v) is 3.86. The van der Waals surface area contributed by atoms with Crippen LogP contribution in [0.15, 0.2) is 60.1 Å². The molecular weight excluding hydrogens is 408 g/mol. The summed E-state index contributed by atoms with van der Waals surface area (Å²) in [6.07, 6.45) is 12.8. The van der Waals surface area contributed by atoms with Crippen LogP contribution in [0, 0.1) is 6.92 Å². The van der Waals surface area contributed by atoms with Crippen molar-refractivity contribution in [3.63, 3.8) is 0 Å².